The largest absolute Gasteiger partial charge is 0.487 e. The van der Waals surface area contributed by atoms with E-state index in [2.05, 4.69) is 20.9 Å². The second-order valence-corrected chi connectivity index (χ2v) is 12.2. The number of aromatic nitrogens is 2. The first-order valence-corrected chi connectivity index (χ1v) is 15.2. The van der Waals surface area contributed by atoms with Gasteiger partial charge in [-0.2, -0.15) is 0 Å². The highest BCUT2D eigenvalue weighted by Crippen LogP contribution is 2.42. The molecule has 6 rings (SSSR count). The van der Waals surface area contributed by atoms with Crippen LogP contribution in [0.3, 0.4) is 0 Å². The summed E-state index contributed by atoms with van der Waals surface area (Å²) in [5, 5.41) is 9.64. The van der Waals surface area contributed by atoms with Gasteiger partial charge in [0.25, 0.3) is 5.91 Å². The molecule has 0 radical (unpaired) electrons. The number of carboxylic acid groups (broad SMARTS) is 1. The van der Waals surface area contributed by atoms with Gasteiger partial charge in [0.05, 0.1) is 29.9 Å². The lowest BCUT2D eigenvalue weighted by atomic mass is 9.77. The van der Waals surface area contributed by atoms with Crippen molar-refractivity contribution in [3.63, 3.8) is 0 Å². The number of halogens is 1. The molecule has 222 valence electrons. The first-order valence-electron chi connectivity index (χ1n) is 14.4. The maximum atomic E-state index is 13.5. The zero-order chi connectivity index (χ0) is 30.0. The highest BCUT2D eigenvalue weighted by Gasteiger charge is 2.41. The summed E-state index contributed by atoms with van der Waals surface area (Å²) in [4.78, 5) is 44.4. The molecule has 3 aromatic rings. The van der Waals surface area contributed by atoms with E-state index < -0.39 is 17.8 Å². The standard InChI is InChI=1S/C23H28BrN3O4.C9H9NO/c1-14-21-18(19(24)7-8-20(21)31-12-15-11-26(2)13-25-15)9-10-27(14)22(28)16-5-3-4-6-17(16)23(29)30;1-10-6-7-4-2-3-5-8(7)9(10)11/h7-8,11,13-14,16-17H,3-6,9-10,12H2,1-2H3,(H,29,30);2-5H,6H2,1H3. The highest BCUT2D eigenvalue weighted by molar-refractivity contribution is 9.10. The Morgan fingerprint density at radius 1 is 1.10 bits per heavy atom. The monoisotopic (exact) mass is 636 g/mol. The Morgan fingerprint density at radius 2 is 1.83 bits per heavy atom. The summed E-state index contributed by atoms with van der Waals surface area (Å²) in [5.41, 5.74) is 4.97. The van der Waals surface area contributed by atoms with Gasteiger partial charge in [-0.05, 0) is 55.5 Å². The number of ether oxygens (including phenoxy) is 1. The smallest absolute Gasteiger partial charge is 0.307 e. The number of amides is 2. The number of hydrogen-bond donors (Lipinski definition) is 1. The number of rotatable bonds is 5. The number of aryl methyl sites for hydroxylation is 1. The maximum Gasteiger partial charge on any atom is 0.307 e. The number of hydrogen-bond acceptors (Lipinski definition) is 5. The van der Waals surface area contributed by atoms with Gasteiger partial charge in [-0.25, -0.2) is 4.98 Å². The minimum absolute atomic E-state index is 0.0408. The molecule has 2 amide bonds. The van der Waals surface area contributed by atoms with Crippen LogP contribution in [0, 0.1) is 11.8 Å². The third-order valence-corrected chi connectivity index (χ3v) is 9.31. The zero-order valence-corrected chi connectivity index (χ0v) is 25.8. The molecule has 1 N–H and O–H groups in total. The van der Waals surface area contributed by atoms with Crippen molar-refractivity contribution in [3.8, 4) is 5.75 Å². The minimum atomic E-state index is -0.856. The second kappa shape index (κ2) is 12.7. The molecular formula is C32H37BrN4O5. The molecule has 3 aliphatic rings. The normalized spacial score (nSPS) is 21.2. The average molecular weight is 638 g/mol. The Bertz CT molecular complexity index is 1490. The molecule has 42 heavy (non-hydrogen) atoms. The molecule has 2 aromatic carbocycles. The third kappa shape index (κ3) is 6.09. The van der Waals surface area contributed by atoms with Gasteiger partial charge in [0.2, 0.25) is 5.91 Å². The first-order chi connectivity index (χ1) is 20.2. The van der Waals surface area contributed by atoms with Crippen molar-refractivity contribution in [3.05, 3.63) is 81.3 Å². The first kappa shape index (κ1) is 29.8. The number of fused-ring (bicyclic) bond motifs is 2. The molecule has 0 bridgehead atoms. The Kier molecular flexibility index (Phi) is 9.01. The van der Waals surface area contributed by atoms with Crippen LogP contribution in [0.4, 0.5) is 0 Å². The SMILES string of the molecule is CC1c2c(OCc3cn(C)cn3)ccc(Br)c2CCN1C(=O)C1CCCCC1C(=O)O.CN1Cc2ccccc2C1=O. The number of aliphatic carboxylic acids is 1. The molecular weight excluding hydrogens is 600 g/mol. The van der Waals surface area contributed by atoms with Crippen LogP contribution in [0.2, 0.25) is 0 Å². The van der Waals surface area contributed by atoms with E-state index in [9.17, 15) is 19.5 Å². The van der Waals surface area contributed by atoms with Gasteiger partial charge >= 0.3 is 5.97 Å². The maximum absolute atomic E-state index is 13.5. The van der Waals surface area contributed by atoms with Gasteiger partial charge in [-0.1, -0.05) is 47.0 Å². The summed E-state index contributed by atoms with van der Waals surface area (Å²) in [6.07, 6.45) is 7.36. The molecule has 1 aromatic heterocycles. The molecule has 3 heterocycles. The predicted molar refractivity (Wildman–Crippen MR) is 161 cm³/mol. The van der Waals surface area contributed by atoms with Gasteiger partial charge in [0.15, 0.2) is 0 Å². The van der Waals surface area contributed by atoms with Gasteiger partial charge in [0, 0.05) is 49.0 Å². The number of benzene rings is 2. The minimum Gasteiger partial charge on any atom is -0.487 e. The molecule has 0 saturated heterocycles. The van der Waals surface area contributed by atoms with Crippen molar-refractivity contribution in [2.45, 2.75) is 58.2 Å². The van der Waals surface area contributed by atoms with Gasteiger partial charge in [0.1, 0.15) is 12.4 Å². The molecule has 3 atom stereocenters. The fourth-order valence-electron chi connectivity index (χ4n) is 6.37. The van der Waals surface area contributed by atoms with Crippen LogP contribution in [0.15, 0.2) is 53.4 Å². The number of carboxylic acids is 1. The third-order valence-electron chi connectivity index (χ3n) is 8.57. The summed E-state index contributed by atoms with van der Waals surface area (Å²) in [6, 6.07) is 11.5. The van der Waals surface area contributed by atoms with Crippen molar-refractivity contribution >= 4 is 33.7 Å². The molecule has 0 spiro atoms. The van der Waals surface area contributed by atoms with Crippen molar-refractivity contribution < 1.29 is 24.2 Å². The summed E-state index contributed by atoms with van der Waals surface area (Å²) in [5.74, 6) is -1.04. The van der Waals surface area contributed by atoms with Crippen LogP contribution in [0.25, 0.3) is 0 Å². The van der Waals surface area contributed by atoms with E-state index >= 15 is 0 Å². The second-order valence-electron chi connectivity index (χ2n) is 11.4. The Morgan fingerprint density at radius 3 is 2.52 bits per heavy atom. The van der Waals surface area contributed by atoms with Crippen LogP contribution in [0.1, 0.15) is 71.4 Å². The van der Waals surface area contributed by atoms with E-state index in [0.717, 1.165) is 57.6 Å². The molecule has 1 fully saturated rings. The van der Waals surface area contributed by atoms with Gasteiger partial charge in [-0.3, -0.25) is 14.4 Å². The summed E-state index contributed by atoms with van der Waals surface area (Å²) in [6.45, 7) is 3.70. The lowest BCUT2D eigenvalue weighted by Crippen LogP contribution is -2.46. The topological polar surface area (TPSA) is 105 Å². The number of carbonyl (C=O) groups is 3. The summed E-state index contributed by atoms with van der Waals surface area (Å²) >= 11 is 3.65. The molecule has 1 aliphatic carbocycles. The van der Waals surface area contributed by atoms with Crippen molar-refractivity contribution in [2.24, 2.45) is 18.9 Å². The van der Waals surface area contributed by atoms with E-state index in [4.69, 9.17) is 4.74 Å². The molecule has 9 nitrogen and oxygen atoms in total. The van der Waals surface area contributed by atoms with Crippen molar-refractivity contribution in [2.75, 3.05) is 13.6 Å². The molecule has 10 heteroatoms. The fraction of sp³-hybridized carbons (Fsp3) is 0.438. The lowest BCUT2D eigenvalue weighted by molar-refractivity contribution is -0.153. The highest BCUT2D eigenvalue weighted by atomic mass is 79.9. The lowest BCUT2D eigenvalue weighted by Gasteiger charge is -2.40. The van der Waals surface area contributed by atoms with Crippen LogP contribution in [-0.2, 0) is 36.2 Å². The van der Waals surface area contributed by atoms with E-state index in [1.54, 1.807) is 11.2 Å². The van der Waals surface area contributed by atoms with Gasteiger partial charge in [-0.15, -0.1) is 0 Å². The quantitative estimate of drug-likeness (QED) is 0.404. The van der Waals surface area contributed by atoms with Crippen LogP contribution < -0.4 is 4.74 Å². The Labute approximate surface area is 254 Å². The van der Waals surface area contributed by atoms with Crippen LogP contribution in [-0.4, -0.2) is 55.8 Å². The molecule has 2 aliphatic heterocycles. The summed E-state index contributed by atoms with van der Waals surface area (Å²) < 4.78 is 9.02. The molecule has 3 unspecified atom stereocenters. The molecule has 1 saturated carbocycles. The number of carbonyl (C=O) groups excluding carboxylic acids is 2. The Hall–Kier alpha value is -3.66. The zero-order valence-electron chi connectivity index (χ0n) is 24.3. The van der Waals surface area contributed by atoms with Gasteiger partial charge < -0.3 is 24.2 Å². The van der Waals surface area contributed by atoms with Crippen molar-refractivity contribution in [1.82, 2.24) is 19.4 Å². The fourth-order valence-corrected chi connectivity index (χ4v) is 6.91. The van der Waals surface area contributed by atoms with Crippen LogP contribution in [0.5, 0.6) is 5.75 Å². The van der Waals surface area contributed by atoms with E-state index in [0.29, 0.717) is 32.4 Å². The van der Waals surface area contributed by atoms with E-state index in [1.165, 1.54) is 0 Å². The van der Waals surface area contributed by atoms with E-state index in [-0.39, 0.29) is 17.9 Å². The van der Waals surface area contributed by atoms with E-state index in [1.807, 2.05) is 73.1 Å². The summed E-state index contributed by atoms with van der Waals surface area (Å²) in [7, 11) is 3.74. The number of imidazole rings is 1. The average Bonchev–Trinajstić information content (AvgIpc) is 3.54. The predicted octanol–water partition coefficient (Wildman–Crippen LogP) is 5.37. The number of nitrogens with zero attached hydrogens (tertiary/aromatic N) is 4. The van der Waals surface area contributed by atoms with Crippen LogP contribution >= 0.6 is 15.9 Å². The Balaban J connectivity index is 0.000000267. The van der Waals surface area contributed by atoms with Crippen molar-refractivity contribution in [1.29, 1.82) is 0 Å².